The molecule has 0 aliphatic carbocycles. The number of aryl methyl sites for hydroxylation is 1. The van der Waals surface area contributed by atoms with Crippen molar-refractivity contribution in [2.45, 2.75) is 13.8 Å². The van der Waals surface area contributed by atoms with Crippen LogP contribution < -0.4 is 15.0 Å². The molecule has 2 aromatic carbocycles. The topological polar surface area (TPSA) is 41.6 Å². The Kier molecular flexibility index (Phi) is 6.29. The van der Waals surface area contributed by atoms with Crippen LogP contribution in [-0.2, 0) is 0 Å². The number of carbonyl (C=O) groups excluding carboxylic acids is 1. The minimum atomic E-state index is -0.127. The molecule has 0 aliphatic rings. The molecule has 0 aromatic heterocycles. The third-order valence-corrected chi connectivity index (χ3v) is 3.59. The van der Waals surface area contributed by atoms with Crippen LogP contribution in [0.2, 0.25) is 5.02 Å². The normalized spacial score (nSPS) is 10.2. The van der Waals surface area contributed by atoms with Gasteiger partial charge in [-0.25, -0.2) is 4.79 Å². The molecule has 5 heteroatoms. The van der Waals surface area contributed by atoms with Crippen LogP contribution in [0.4, 0.5) is 10.5 Å². The smallest absolute Gasteiger partial charge is 0.321 e. The Hall–Kier alpha value is -2.20. The highest BCUT2D eigenvalue weighted by Gasteiger charge is 2.13. The minimum absolute atomic E-state index is 0.127. The van der Waals surface area contributed by atoms with Gasteiger partial charge in [0.15, 0.2) is 0 Å². The van der Waals surface area contributed by atoms with Crippen LogP contribution in [0.5, 0.6) is 5.75 Å². The first-order chi connectivity index (χ1) is 11.1. The van der Waals surface area contributed by atoms with Crippen molar-refractivity contribution in [3.8, 4) is 5.75 Å². The fraction of sp³-hybridized carbons (Fsp3) is 0.278. The summed E-state index contributed by atoms with van der Waals surface area (Å²) in [5.74, 6) is 0.731. The number of rotatable bonds is 6. The van der Waals surface area contributed by atoms with Gasteiger partial charge in [-0.15, -0.1) is 0 Å². The van der Waals surface area contributed by atoms with Gasteiger partial charge in [-0.2, -0.15) is 0 Å². The lowest BCUT2D eigenvalue weighted by Crippen LogP contribution is -2.41. The average molecular weight is 333 g/mol. The Bertz CT molecular complexity index is 644. The summed E-state index contributed by atoms with van der Waals surface area (Å²) in [6.45, 7) is 5.40. The van der Waals surface area contributed by atoms with Crippen LogP contribution in [0.15, 0.2) is 48.5 Å². The Morgan fingerprint density at radius 1 is 1.22 bits per heavy atom. The highest BCUT2D eigenvalue weighted by Crippen LogP contribution is 2.16. The SMILES string of the molecule is CCN(C(=O)NCCOc1ccc(Cl)cc1)c1cccc(C)c1. The maximum absolute atomic E-state index is 12.3. The van der Waals surface area contributed by atoms with Gasteiger partial charge in [0.2, 0.25) is 0 Å². The van der Waals surface area contributed by atoms with Crippen molar-refractivity contribution in [2.75, 3.05) is 24.6 Å². The number of halogens is 1. The average Bonchev–Trinajstić information content (AvgIpc) is 2.54. The van der Waals surface area contributed by atoms with Crippen LogP contribution in [0.25, 0.3) is 0 Å². The molecule has 2 amide bonds. The number of carbonyl (C=O) groups is 1. The van der Waals surface area contributed by atoms with Gasteiger partial charge in [0.1, 0.15) is 12.4 Å². The lowest BCUT2D eigenvalue weighted by atomic mass is 10.2. The zero-order valence-corrected chi connectivity index (χ0v) is 14.1. The van der Waals surface area contributed by atoms with Crippen LogP contribution in [0, 0.1) is 6.92 Å². The first-order valence-corrected chi connectivity index (χ1v) is 7.98. The summed E-state index contributed by atoms with van der Waals surface area (Å²) in [5.41, 5.74) is 2.02. The standard InChI is InChI=1S/C18H21ClN2O2/c1-3-21(16-6-4-5-14(2)13-16)18(22)20-11-12-23-17-9-7-15(19)8-10-17/h4-10,13H,3,11-12H2,1-2H3,(H,20,22). The molecule has 1 N–H and O–H groups in total. The third-order valence-electron chi connectivity index (χ3n) is 3.34. The first-order valence-electron chi connectivity index (χ1n) is 7.60. The van der Waals surface area contributed by atoms with Crippen LogP contribution in [0.3, 0.4) is 0 Å². The number of hydrogen-bond donors (Lipinski definition) is 1. The third kappa shape index (κ3) is 5.18. The van der Waals surface area contributed by atoms with E-state index in [1.54, 1.807) is 29.2 Å². The minimum Gasteiger partial charge on any atom is -0.492 e. The zero-order valence-electron chi connectivity index (χ0n) is 13.4. The molecule has 0 heterocycles. The molecule has 0 unspecified atom stereocenters. The first kappa shape index (κ1) is 17.2. The lowest BCUT2D eigenvalue weighted by molar-refractivity contribution is 0.242. The van der Waals surface area contributed by atoms with Gasteiger partial charge in [0.25, 0.3) is 0 Å². The van der Waals surface area contributed by atoms with Gasteiger partial charge in [-0.3, -0.25) is 4.90 Å². The summed E-state index contributed by atoms with van der Waals surface area (Å²) in [5, 5.41) is 3.54. The quantitative estimate of drug-likeness (QED) is 0.803. The number of nitrogens with one attached hydrogen (secondary N) is 1. The summed E-state index contributed by atoms with van der Waals surface area (Å²) < 4.78 is 5.56. The number of urea groups is 1. The van der Waals surface area contributed by atoms with Crippen molar-refractivity contribution >= 4 is 23.3 Å². The van der Waals surface area contributed by atoms with Crippen LogP contribution in [0.1, 0.15) is 12.5 Å². The predicted octanol–water partition coefficient (Wildman–Crippen LogP) is 4.26. The van der Waals surface area contributed by atoms with E-state index >= 15 is 0 Å². The Labute approximate surface area is 142 Å². The van der Waals surface area contributed by atoms with Crippen molar-refractivity contribution in [1.82, 2.24) is 5.32 Å². The molecule has 2 rings (SSSR count). The van der Waals surface area contributed by atoms with Crippen molar-refractivity contribution in [2.24, 2.45) is 0 Å². The lowest BCUT2D eigenvalue weighted by Gasteiger charge is -2.22. The second kappa shape index (κ2) is 8.44. The fourth-order valence-electron chi connectivity index (χ4n) is 2.19. The molecule has 0 fully saturated rings. The zero-order chi connectivity index (χ0) is 16.7. The monoisotopic (exact) mass is 332 g/mol. The van der Waals surface area contributed by atoms with E-state index in [-0.39, 0.29) is 6.03 Å². The summed E-state index contributed by atoms with van der Waals surface area (Å²) in [6, 6.07) is 14.9. The van der Waals surface area contributed by atoms with Crippen molar-refractivity contribution in [1.29, 1.82) is 0 Å². The van der Waals surface area contributed by atoms with Gasteiger partial charge in [0.05, 0.1) is 6.54 Å². The second-order valence-corrected chi connectivity index (χ2v) is 5.55. The number of amides is 2. The molecule has 0 atom stereocenters. The Morgan fingerprint density at radius 3 is 2.61 bits per heavy atom. The molecule has 23 heavy (non-hydrogen) atoms. The van der Waals surface area contributed by atoms with Gasteiger partial charge in [-0.1, -0.05) is 23.7 Å². The summed E-state index contributed by atoms with van der Waals surface area (Å²) in [6.07, 6.45) is 0. The van der Waals surface area contributed by atoms with E-state index in [4.69, 9.17) is 16.3 Å². The largest absolute Gasteiger partial charge is 0.492 e. The van der Waals surface area contributed by atoms with E-state index in [1.165, 1.54) is 0 Å². The fourth-order valence-corrected chi connectivity index (χ4v) is 2.32. The molecule has 0 aliphatic heterocycles. The molecular formula is C18H21ClN2O2. The number of ether oxygens (including phenoxy) is 1. The van der Waals surface area contributed by atoms with E-state index in [0.717, 1.165) is 17.0 Å². The highest BCUT2D eigenvalue weighted by atomic mass is 35.5. The second-order valence-electron chi connectivity index (χ2n) is 5.12. The molecule has 4 nitrogen and oxygen atoms in total. The van der Waals surface area contributed by atoms with E-state index in [1.807, 2.05) is 38.1 Å². The van der Waals surface area contributed by atoms with Gasteiger partial charge < -0.3 is 10.1 Å². The molecule has 0 saturated carbocycles. The molecule has 122 valence electrons. The van der Waals surface area contributed by atoms with E-state index in [0.29, 0.717) is 24.7 Å². The highest BCUT2D eigenvalue weighted by molar-refractivity contribution is 6.30. The molecule has 0 radical (unpaired) electrons. The molecule has 0 saturated heterocycles. The van der Waals surface area contributed by atoms with Gasteiger partial charge in [-0.05, 0) is 55.8 Å². The summed E-state index contributed by atoms with van der Waals surface area (Å²) in [4.78, 5) is 14.0. The van der Waals surface area contributed by atoms with E-state index < -0.39 is 0 Å². The number of hydrogen-bond acceptors (Lipinski definition) is 2. The Morgan fingerprint density at radius 2 is 1.96 bits per heavy atom. The van der Waals surface area contributed by atoms with E-state index in [9.17, 15) is 4.79 Å². The Balaban J connectivity index is 1.82. The van der Waals surface area contributed by atoms with Crippen molar-refractivity contribution < 1.29 is 9.53 Å². The molecule has 2 aromatic rings. The molecule has 0 spiro atoms. The summed E-state index contributed by atoms with van der Waals surface area (Å²) in [7, 11) is 0. The molecular weight excluding hydrogens is 312 g/mol. The van der Waals surface area contributed by atoms with Crippen molar-refractivity contribution in [3.63, 3.8) is 0 Å². The van der Waals surface area contributed by atoms with Crippen LogP contribution >= 0.6 is 11.6 Å². The van der Waals surface area contributed by atoms with Crippen molar-refractivity contribution in [3.05, 3.63) is 59.1 Å². The summed E-state index contributed by atoms with van der Waals surface area (Å²) >= 11 is 5.82. The maximum Gasteiger partial charge on any atom is 0.321 e. The number of benzene rings is 2. The predicted molar refractivity (Wildman–Crippen MR) is 94.5 cm³/mol. The maximum atomic E-state index is 12.3. The van der Waals surface area contributed by atoms with Gasteiger partial charge >= 0.3 is 6.03 Å². The van der Waals surface area contributed by atoms with E-state index in [2.05, 4.69) is 5.32 Å². The number of anilines is 1. The van der Waals surface area contributed by atoms with Gasteiger partial charge in [0, 0.05) is 17.3 Å². The number of nitrogens with zero attached hydrogens (tertiary/aromatic N) is 1. The molecule has 0 bridgehead atoms. The van der Waals surface area contributed by atoms with Crippen LogP contribution in [-0.4, -0.2) is 25.7 Å².